The first-order chi connectivity index (χ1) is 14.9. The summed E-state index contributed by atoms with van der Waals surface area (Å²) in [6.45, 7) is 0. The normalized spacial score (nSPS) is 17.7. The third kappa shape index (κ3) is 3.50. The molecule has 1 unspecified atom stereocenters. The Hall–Kier alpha value is -4.13. The monoisotopic (exact) mass is 419 g/mol. The largest absolute Gasteiger partial charge is 0.507 e. The molecule has 6 nitrogen and oxygen atoms in total. The lowest BCUT2D eigenvalue weighted by atomic mass is 9.94. The number of carbonyl (C=O) groups is 2. The molecule has 0 spiro atoms. The number of phenols is 1. The minimum atomic E-state index is -0.984. The van der Waals surface area contributed by atoms with E-state index >= 15 is 0 Å². The van der Waals surface area contributed by atoms with E-state index in [9.17, 15) is 24.2 Å². The van der Waals surface area contributed by atoms with Crippen molar-refractivity contribution in [1.29, 1.82) is 0 Å². The Kier molecular flexibility index (Phi) is 5.17. The third-order valence-corrected chi connectivity index (χ3v) is 5.12. The van der Waals surface area contributed by atoms with Gasteiger partial charge in [-0.2, -0.15) is 0 Å². The van der Waals surface area contributed by atoms with Crippen molar-refractivity contribution in [2.24, 2.45) is 0 Å². The van der Waals surface area contributed by atoms with Crippen LogP contribution >= 0.6 is 0 Å². The molecular weight excluding hydrogens is 401 g/mol. The van der Waals surface area contributed by atoms with Crippen LogP contribution < -0.4 is 9.64 Å². The Morgan fingerprint density at radius 2 is 1.68 bits per heavy atom. The molecule has 1 amide bonds. The van der Waals surface area contributed by atoms with Gasteiger partial charge in [0.05, 0.1) is 18.7 Å². The van der Waals surface area contributed by atoms with Crippen molar-refractivity contribution in [2.75, 3.05) is 12.0 Å². The molecule has 3 aromatic carbocycles. The van der Waals surface area contributed by atoms with E-state index in [0.717, 1.165) is 12.1 Å². The van der Waals surface area contributed by atoms with Gasteiger partial charge in [0.1, 0.15) is 11.6 Å². The first-order valence-electron chi connectivity index (χ1n) is 9.41. The number of aliphatic hydroxyl groups is 1. The summed E-state index contributed by atoms with van der Waals surface area (Å²) in [5, 5.41) is 20.9. The van der Waals surface area contributed by atoms with E-state index in [1.807, 2.05) is 0 Å². The molecule has 1 saturated heterocycles. The van der Waals surface area contributed by atoms with Crippen LogP contribution in [0, 0.1) is 5.82 Å². The van der Waals surface area contributed by atoms with E-state index in [2.05, 4.69) is 0 Å². The first kappa shape index (κ1) is 20.2. The lowest BCUT2D eigenvalue weighted by Gasteiger charge is -2.25. The molecule has 156 valence electrons. The van der Waals surface area contributed by atoms with Gasteiger partial charge in [0.2, 0.25) is 0 Å². The number of benzene rings is 3. The van der Waals surface area contributed by atoms with Crippen LogP contribution in [0.25, 0.3) is 5.76 Å². The number of anilines is 1. The molecule has 1 aliphatic heterocycles. The number of ketones is 1. The summed E-state index contributed by atoms with van der Waals surface area (Å²) in [5.41, 5.74) is 0.956. The minimum absolute atomic E-state index is 0.110. The van der Waals surface area contributed by atoms with Gasteiger partial charge in [0.25, 0.3) is 11.7 Å². The van der Waals surface area contributed by atoms with Gasteiger partial charge in [-0.15, -0.1) is 0 Å². The highest BCUT2D eigenvalue weighted by molar-refractivity contribution is 6.51. The molecule has 31 heavy (non-hydrogen) atoms. The van der Waals surface area contributed by atoms with Gasteiger partial charge in [-0.25, -0.2) is 4.39 Å². The Morgan fingerprint density at radius 3 is 2.32 bits per heavy atom. The predicted molar refractivity (Wildman–Crippen MR) is 112 cm³/mol. The average molecular weight is 419 g/mol. The Bertz CT molecular complexity index is 1190. The van der Waals surface area contributed by atoms with Gasteiger partial charge >= 0.3 is 0 Å². The molecule has 1 aliphatic rings. The molecule has 7 heteroatoms. The number of aliphatic hydroxyl groups excluding tert-OH is 1. The van der Waals surface area contributed by atoms with Crippen LogP contribution in [-0.4, -0.2) is 29.0 Å². The van der Waals surface area contributed by atoms with Gasteiger partial charge in [0, 0.05) is 11.3 Å². The van der Waals surface area contributed by atoms with Gasteiger partial charge in [-0.3, -0.25) is 14.5 Å². The highest BCUT2D eigenvalue weighted by atomic mass is 19.1. The molecule has 2 N–H and O–H groups in total. The van der Waals surface area contributed by atoms with Gasteiger partial charge < -0.3 is 14.9 Å². The number of methoxy groups -OCH3 is 1. The van der Waals surface area contributed by atoms with E-state index in [-0.39, 0.29) is 22.6 Å². The molecule has 0 aromatic heterocycles. The average Bonchev–Trinajstić information content (AvgIpc) is 3.05. The van der Waals surface area contributed by atoms with Crippen molar-refractivity contribution in [3.8, 4) is 11.5 Å². The highest BCUT2D eigenvalue weighted by Gasteiger charge is 2.47. The minimum Gasteiger partial charge on any atom is -0.507 e. The number of amides is 1. The SMILES string of the molecule is COc1cc(C2/C(=C(\O)c3ccc(F)cc3)C(=O)C(=O)N2c2ccccc2)ccc1O. The first-order valence-corrected chi connectivity index (χ1v) is 9.41. The standard InChI is InChI=1S/C24H18FNO5/c1-31-19-13-15(9-12-18(19)27)21-20(22(28)14-7-10-16(25)11-8-14)23(29)24(30)26(21)17-5-3-2-4-6-17/h2-13,21,27-28H,1H3/b22-20+. The summed E-state index contributed by atoms with van der Waals surface area (Å²) >= 11 is 0. The Balaban J connectivity index is 1.96. The van der Waals surface area contributed by atoms with Crippen molar-refractivity contribution in [3.63, 3.8) is 0 Å². The molecule has 1 heterocycles. The molecule has 1 fully saturated rings. The summed E-state index contributed by atoms with van der Waals surface area (Å²) < 4.78 is 18.5. The highest BCUT2D eigenvalue weighted by Crippen LogP contribution is 2.43. The van der Waals surface area contributed by atoms with E-state index in [1.54, 1.807) is 36.4 Å². The fourth-order valence-corrected chi connectivity index (χ4v) is 3.63. The van der Waals surface area contributed by atoms with Gasteiger partial charge in [0.15, 0.2) is 11.5 Å². The van der Waals surface area contributed by atoms with Crippen LogP contribution in [0.15, 0.2) is 78.4 Å². The molecule has 0 bridgehead atoms. The number of hydrogen-bond acceptors (Lipinski definition) is 5. The number of para-hydroxylation sites is 1. The topological polar surface area (TPSA) is 87.1 Å². The van der Waals surface area contributed by atoms with E-state index < -0.39 is 29.3 Å². The van der Waals surface area contributed by atoms with Crippen LogP contribution in [0.3, 0.4) is 0 Å². The number of hydrogen-bond donors (Lipinski definition) is 2. The Labute approximate surface area is 177 Å². The van der Waals surface area contributed by atoms with Crippen molar-refractivity contribution < 1.29 is 28.9 Å². The quantitative estimate of drug-likeness (QED) is 0.377. The molecule has 0 saturated carbocycles. The zero-order valence-corrected chi connectivity index (χ0v) is 16.4. The molecule has 4 rings (SSSR count). The maximum atomic E-state index is 13.3. The molecular formula is C24H18FNO5. The third-order valence-electron chi connectivity index (χ3n) is 5.12. The number of aromatic hydroxyl groups is 1. The summed E-state index contributed by atoms with van der Waals surface area (Å²) in [4.78, 5) is 27.3. The molecule has 1 atom stereocenters. The molecule has 3 aromatic rings. The second-order valence-electron chi connectivity index (χ2n) is 6.94. The predicted octanol–water partition coefficient (Wildman–Crippen LogP) is 4.17. The zero-order chi connectivity index (χ0) is 22.1. The van der Waals surface area contributed by atoms with Crippen molar-refractivity contribution in [2.45, 2.75) is 6.04 Å². The summed E-state index contributed by atoms with van der Waals surface area (Å²) in [6, 6.07) is 17.0. The van der Waals surface area contributed by atoms with Crippen LogP contribution in [0.2, 0.25) is 0 Å². The number of nitrogens with zero attached hydrogens (tertiary/aromatic N) is 1. The lowest BCUT2D eigenvalue weighted by molar-refractivity contribution is -0.132. The van der Waals surface area contributed by atoms with Gasteiger partial charge in [-0.05, 0) is 54.1 Å². The van der Waals surface area contributed by atoms with Crippen molar-refractivity contribution in [3.05, 3.63) is 95.3 Å². The Morgan fingerprint density at radius 1 is 1.00 bits per heavy atom. The number of rotatable bonds is 4. The summed E-state index contributed by atoms with van der Waals surface area (Å²) in [6.07, 6.45) is 0. The van der Waals surface area contributed by atoms with Crippen LogP contribution in [0.1, 0.15) is 17.2 Å². The summed E-state index contributed by atoms with van der Waals surface area (Å²) in [7, 11) is 1.38. The van der Waals surface area contributed by atoms with Crippen molar-refractivity contribution >= 4 is 23.1 Å². The summed E-state index contributed by atoms with van der Waals surface area (Å²) in [5.74, 6) is -2.57. The van der Waals surface area contributed by atoms with Crippen LogP contribution in [0.4, 0.5) is 10.1 Å². The van der Waals surface area contributed by atoms with Crippen molar-refractivity contribution in [1.82, 2.24) is 0 Å². The maximum absolute atomic E-state index is 13.3. The second-order valence-corrected chi connectivity index (χ2v) is 6.94. The second kappa shape index (κ2) is 7.95. The smallest absolute Gasteiger partial charge is 0.300 e. The van der Waals surface area contributed by atoms with Crippen LogP contribution in [0.5, 0.6) is 11.5 Å². The zero-order valence-electron chi connectivity index (χ0n) is 16.4. The number of halogens is 1. The number of ether oxygens (including phenoxy) is 1. The maximum Gasteiger partial charge on any atom is 0.300 e. The number of phenolic OH excluding ortho intramolecular Hbond substituents is 1. The van der Waals surface area contributed by atoms with Gasteiger partial charge in [-0.1, -0.05) is 24.3 Å². The van der Waals surface area contributed by atoms with E-state index in [1.165, 1.54) is 36.3 Å². The number of Topliss-reactive ketones (excluding diaryl/α,β-unsaturated/α-hetero) is 1. The lowest BCUT2D eigenvalue weighted by Crippen LogP contribution is -2.29. The molecule has 0 aliphatic carbocycles. The van der Waals surface area contributed by atoms with E-state index in [4.69, 9.17) is 4.74 Å². The van der Waals surface area contributed by atoms with Crippen LogP contribution in [-0.2, 0) is 9.59 Å². The number of carbonyl (C=O) groups excluding carboxylic acids is 2. The fourth-order valence-electron chi connectivity index (χ4n) is 3.63. The molecule has 0 radical (unpaired) electrons. The fraction of sp³-hybridized carbons (Fsp3) is 0.0833. The van der Waals surface area contributed by atoms with E-state index in [0.29, 0.717) is 11.3 Å².